The zero-order valence-corrected chi connectivity index (χ0v) is 12.3. The Balaban J connectivity index is 3.04. The predicted molar refractivity (Wildman–Crippen MR) is 69.7 cm³/mol. The maximum atomic E-state index is 12.4. The predicted octanol–water partition coefficient (Wildman–Crippen LogP) is -0.602. The van der Waals surface area contributed by atoms with Gasteiger partial charge in [0.05, 0.1) is 7.11 Å². The summed E-state index contributed by atoms with van der Waals surface area (Å²) >= 11 is 0. The van der Waals surface area contributed by atoms with Gasteiger partial charge in [-0.2, -0.15) is 0 Å². The number of esters is 1. The smallest absolute Gasteiger partial charge is 0.366 e. The van der Waals surface area contributed by atoms with Crippen LogP contribution in [0.3, 0.4) is 0 Å². The van der Waals surface area contributed by atoms with Crippen molar-refractivity contribution < 1.29 is 29.1 Å². The number of aliphatic hydroxyl groups is 1. The van der Waals surface area contributed by atoms with Crippen molar-refractivity contribution in [2.24, 2.45) is 5.92 Å². The van der Waals surface area contributed by atoms with Gasteiger partial charge in [-0.25, -0.2) is 4.79 Å². The third-order valence-electron chi connectivity index (χ3n) is 3.62. The Hall–Kier alpha value is -1.74. The first-order valence-corrected chi connectivity index (χ1v) is 6.67. The van der Waals surface area contributed by atoms with Crippen molar-refractivity contribution in [2.75, 3.05) is 26.8 Å². The number of methoxy groups -OCH3 is 1. The summed E-state index contributed by atoms with van der Waals surface area (Å²) in [6, 6.07) is -1.30. The fourth-order valence-corrected chi connectivity index (χ4v) is 2.36. The van der Waals surface area contributed by atoms with Crippen LogP contribution in [0.4, 0.5) is 0 Å². The molecule has 120 valence electrons. The number of hydrogen-bond acceptors (Lipinski definition) is 7. The van der Waals surface area contributed by atoms with E-state index in [1.54, 1.807) is 13.8 Å². The van der Waals surface area contributed by atoms with Gasteiger partial charge < -0.3 is 19.5 Å². The molecule has 1 saturated heterocycles. The van der Waals surface area contributed by atoms with Crippen LogP contribution < -0.4 is 0 Å². The minimum atomic E-state index is -2.32. The number of amides is 1. The highest BCUT2D eigenvalue weighted by Gasteiger charge is 2.54. The van der Waals surface area contributed by atoms with Crippen molar-refractivity contribution in [1.82, 2.24) is 4.90 Å². The Morgan fingerprint density at radius 2 is 2.05 bits per heavy atom. The highest BCUT2D eigenvalue weighted by Crippen LogP contribution is 2.31. The first kappa shape index (κ1) is 17.3. The average molecular weight is 304 g/mol. The van der Waals surface area contributed by atoms with Gasteiger partial charge in [-0.1, -0.05) is 0 Å². The Morgan fingerprint density at radius 3 is 2.48 bits per heavy atom. The number of carbonyl (C=O) groups excluding carboxylic acids is 2. The van der Waals surface area contributed by atoms with Crippen LogP contribution in [0.15, 0.2) is 0 Å². The average Bonchev–Trinajstić information content (AvgIpc) is 2.46. The second-order valence-electron chi connectivity index (χ2n) is 4.76. The highest BCUT2D eigenvalue weighted by atomic mass is 16.7. The molecule has 0 radical (unpaired) electrons. The van der Waals surface area contributed by atoms with E-state index < -0.39 is 47.6 Å². The molecule has 1 aliphatic heterocycles. The van der Waals surface area contributed by atoms with Gasteiger partial charge >= 0.3 is 5.97 Å². The lowest BCUT2D eigenvalue weighted by molar-refractivity contribution is -0.544. The molecule has 0 aromatic heterocycles. The Kier molecular flexibility index (Phi) is 5.62. The molecule has 0 spiro atoms. The molecular formula is C12H20N2O7. The number of hydrogen-bond donors (Lipinski definition) is 1. The summed E-state index contributed by atoms with van der Waals surface area (Å²) in [5.41, 5.74) is 0. The number of nitro groups is 1. The van der Waals surface area contributed by atoms with Gasteiger partial charge in [0.25, 0.3) is 5.79 Å². The van der Waals surface area contributed by atoms with E-state index in [-0.39, 0.29) is 0 Å². The maximum Gasteiger partial charge on any atom is 0.366 e. The van der Waals surface area contributed by atoms with E-state index in [0.717, 1.165) is 7.11 Å². The number of nitrogens with zero attached hydrogens (tertiary/aromatic N) is 2. The molecule has 1 heterocycles. The van der Waals surface area contributed by atoms with E-state index in [4.69, 9.17) is 4.74 Å². The molecule has 0 saturated carbocycles. The third kappa shape index (κ3) is 3.48. The van der Waals surface area contributed by atoms with Crippen LogP contribution in [0.25, 0.3) is 0 Å². The van der Waals surface area contributed by atoms with Gasteiger partial charge in [0.2, 0.25) is 11.9 Å². The second-order valence-corrected chi connectivity index (χ2v) is 4.76. The minimum absolute atomic E-state index is 0.383. The molecule has 9 heteroatoms. The molecule has 0 aliphatic carbocycles. The van der Waals surface area contributed by atoms with Crippen molar-refractivity contribution in [3.63, 3.8) is 0 Å². The number of carbonyl (C=O) groups is 2. The molecule has 1 N–H and O–H groups in total. The van der Waals surface area contributed by atoms with E-state index >= 15 is 0 Å². The molecular weight excluding hydrogens is 284 g/mol. The van der Waals surface area contributed by atoms with Crippen LogP contribution in [0.5, 0.6) is 0 Å². The van der Waals surface area contributed by atoms with Crippen LogP contribution in [0.1, 0.15) is 20.3 Å². The largest absolute Gasteiger partial charge is 0.465 e. The molecule has 0 bridgehead atoms. The summed E-state index contributed by atoms with van der Waals surface area (Å²) in [5.74, 6) is -5.01. The van der Waals surface area contributed by atoms with Gasteiger partial charge in [-0.05, 0) is 13.8 Å². The lowest BCUT2D eigenvalue weighted by Gasteiger charge is -2.36. The molecule has 3 atom stereocenters. The Bertz CT molecular complexity index is 424. The van der Waals surface area contributed by atoms with Gasteiger partial charge in [0, 0.05) is 24.4 Å². The standard InChI is InChI=1S/C12H20N2O7/c1-4-13(5-2)10(15)8-6-12(17,11(16)20-3)21-7-9(8)14(18)19/h8-9,17H,4-7H2,1-3H3/t8-,9-,12-/m1/s1. The van der Waals surface area contributed by atoms with Gasteiger partial charge in [0.1, 0.15) is 12.5 Å². The molecule has 0 aromatic rings. The minimum Gasteiger partial charge on any atom is -0.465 e. The van der Waals surface area contributed by atoms with Crippen LogP contribution in [-0.4, -0.2) is 65.4 Å². The molecule has 9 nitrogen and oxygen atoms in total. The molecule has 1 rings (SSSR count). The van der Waals surface area contributed by atoms with Gasteiger partial charge in [-0.3, -0.25) is 14.9 Å². The summed E-state index contributed by atoms with van der Waals surface area (Å²) in [4.78, 5) is 35.8. The quantitative estimate of drug-likeness (QED) is 0.409. The molecule has 21 heavy (non-hydrogen) atoms. The summed E-state index contributed by atoms with van der Waals surface area (Å²) < 4.78 is 9.31. The van der Waals surface area contributed by atoms with Crippen molar-refractivity contribution >= 4 is 11.9 Å². The monoisotopic (exact) mass is 304 g/mol. The van der Waals surface area contributed by atoms with Crippen LogP contribution in [0.2, 0.25) is 0 Å². The van der Waals surface area contributed by atoms with Crippen molar-refractivity contribution in [3.8, 4) is 0 Å². The normalized spacial score (nSPS) is 28.8. The zero-order chi connectivity index (χ0) is 16.2. The summed E-state index contributed by atoms with van der Waals surface area (Å²) in [6.07, 6.45) is -0.499. The fraction of sp³-hybridized carbons (Fsp3) is 0.833. The van der Waals surface area contributed by atoms with E-state index in [1.807, 2.05) is 0 Å². The van der Waals surface area contributed by atoms with Gasteiger partial charge in [-0.15, -0.1) is 0 Å². The molecule has 1 amide bonds. The molecule has 0 aromatic carbocycles. The lowest BCUT2D eigenvalue weighted by atomic mass is 9.88. The lowest BCUT2D eigenvalue weighted by Crippen LogP contribution is -2.57. The topological polar surface area (TPSA) is 119 Å². The van der Waals surface area contributed by atoms with Gasteiger partial charge in [0.15, 0.2) is 0 Å². The summed E-state index contributed by atoms with van der Waals surface area (Å²) in [6.45, 7) is 3.72. The fourth-order valence-electron chi connectivity index (χ4n) is 2.36. The Morgan fingerprint density at radius 1 is 1.48 bits per heavy atom. The van der Waals surface area contributed by atoms with Crippen LogP contribution >= 0.6 is 0 Å². The van der Waals surface area contributed by atoms with Crippen LogP contribution in [-0.2, 0) is 19.1 Å². The van der Waals surface area contributed by atoms with Crippen molar-refractivity contribution in [3.05, 3.63) is 10.1 Å². The van der Waals surface area contributed by atoms with E-state index in [9.17, 15) is 24.8 Å². The first-order chi connectivity index (χ1) is 9.80. The third-order valence-corrected chi connectivity index (χ3v) is 3.62. The molecule has 0 unspecified atom stereocenters. The van der Waals surface area contributed by atoms with Crippen LogP contribution in [0, 0.1) is 16.0 Å². The Labute approximate surface area is 122 Å². The zero-order valence-electron chi connectivity index (χ0n) is 12.3. The van der Waals surface area contributed by atoms with E-state index in [2.05, 4.69) is 4.74 Å². The SMILES string of the molecule is CCN(CC)C(=O)[C@@H]1C[C@](O)(C(=O)OC)OC[C@H]1[N+](=O)[O-]. The van der Waals surface area contributed by atoms with Crippen molar-refractivity contribution in [2.45, 2.75) is 32.1 Å². The van der Waals surface area contributed by atoms with E-state index in [1.165, 1.54) is 4.90 Å². The molecule has 1 aliphatic rings. The van der Waals surface area contributed by atoms with Crippen molar-refractivity contribution in [1.29, 1.82) is 0 Å². The summed E-state index contributed by atoms with van der Waals surface area (Å²) in [7, 11) is 1.06. The number of ether oxygens (including phenoxy) is 2. The maximum absolute atomic E-state index is 12.4. The molecule has 1 fully saturated rings. The van der Waals surface area contributed by atoms with E-state index in [0.29, 0.717) is 13.1 Å². The first-order valence-electron chi connectivity index (χ1n) is 6.67. The summed E-state index contributed by atoms with van der Waals surface area (Å²) in [5, 5.41) is 21.2. The highest BCUT2D eigenvalue weighted by molar-refractivity contribution is 5.83. The second kappa shape index (κ2) is 6.81. The number of rotatable bonds is 5.